The van der Waals surface area contributed by atoms with Crippen molar-refractivity contribution in [2.24, 2.45) is 0 Å². The van der Waals surface area contributed by atoms with Gasteiger partial charge in [0, 0.05) is 17.3 Å². The highest BCUT2D eigenvalue weighted by Gasteiger charge is 2.22. The van der Waals surface area contributed by atoms with E-state index in [2.05, 4.69) is 27.3 Å². The van der Waals surface area contributed by atoms with Crippen molar-refractivity contribution < 1.29 is 9.59 Å². The SMILES string of the molecule is C=CNC(=O)c1cc(Cl)cc(Cl)c1NC(=O)c1cc(Cl)nn1-c1ncccc1Cl. The maximum Gasteiger partial charge on any atom is 0.274 e. The van der Waals surface area contributed by atoms with Gasteiger partial charge in [0.2, 0.25) is 0 Å². The number of benzene rings is 1. The van der Waals surface area contributed by atoms with Gasteiger partial charge in [-0.2, -0.15) is 5.10 Å². The van der Waals surface area contributed by atoms with E-state index in [9.17, 15) is 9.59 Å². The fourth-order valence-corrected chi connectivity index (χ4v) is 3.36. The van der Waals surface area contributed by atoms with Crippen LogP contribution in [0.15, 0.2) is 49.3 Å². The minimum absolute atomic E-state index is 0.0247. The van der Waals surface area contributed by atoms with Crippen molar-refractivity contribution in [1.82, 2.24) is 20.1 Å². The second-order valence-corrected chi connectivity index (χ2v) is 7.15. The lowest BCUT2D eigenvalue weighted by Crippen LogP contribution is -2.22. The Morgan fingerprint density at radius 2 is 1.83 bits per heavy atom. The first-order valence-corrected chi connectivity index (χ1v) is 9.41. The molecule has 0 saturated carbocycles. The monoisotopic (exact) mass is 469 g/mol. The molecule has 1 aromatic carbocycles. The van der Waals surface area contributed by atoms with Crippen molar-refractivity contribution in [2.75, 3.05) is 5.32 Å². The Morgan fingerprint density at radius 3 is 2.52 bits per heavy atom. The Labute approximate surface area is 185 Å². The van der Waals surface area contributed by atoms with Gasteiger partial charge in [0.05, 0.1) is 21.3 Å². The summed E-state index contributed by atoms with van der Waals surface area (Å²) in [6.07, 6.45) is 2.69. The summed E-state index contributed by atoms with van der Waals surface area (Å²) < 4.78 is 1.19. The van der Waals surface area contributed by atoms with Crippen LogP contribution in [0.25, 0.3) is 5.82 Å². The Balaban J connectivity index is 2.04. The van der Waals surface area contributed by atoms with E-state index in [4.69, 9.17) is 46.4 Å². The van der Waals surface area contributed by atoms with Gasteiger partial charge in [-0.15, -0.1) is 0 Å². The fraction of sp³-hybridized carbons (Fsp3) is 0. The third-order valence-corrected chi connectivity index (χ3v) is 4.62. The molecule has 2 heterocycles. The molecule has 2 amide bonds. The van der Waals surface area contributed by atoms with E-state index in [1.807, 2.05) is 0 Å². The van der Waals surface area contributed by atoms with Gasteiger partial charge in [0.1, 0.15) is 5.69 Å². The lowest BCUT2D eigenvalue weighted by Gasteiger charge is -2.13. The molecule has 0 spiro atoms. The van der Waals surface area contributed by atoms with E-state index in [1.165, 1.54) is 35.3 Å². The van der Waals surface area contributed by atoms with Crippen LogP contribution in [0.5, 0.6) is 0 Å². The number of halogens is 4. The quantitative estimate of drug-likeness (QED) is 0.548. The minimum atomic E-state index is -0.650. The molecular weight excluding hydrogens is 460 g/mol. The van der Waals surface area contributed by atoms with Gasteiger partial charge >= 0.3 is 0 Å². The zero-order chi connectivity index (χ0) is 21.1. The largest absolute Gasteiger partial charge is 0.329 e. The lowest BCUT2D eigenvalue weighted by molar-refractivity contribution is 0.0971. The average molecular weight is 471 g/mol. The predicted octanol–water partition coefficient (Wildman–Crippen LogP) is 5.01. The number of hydrogen-bond donors (Lipinski definition) is 2. The zero-order valence-corrected chi connectivity index (χ0v) is 17.4. The van der Waals surface area contributed by atoms with Gasteiger partial charge in [-0.1, -0.05) is 53.0 Å². The van der Waals surface area contributed by atoms with Crippen LogP contribution in [-0.4, -0.2) is 26.6 Å². The molecule has 0 atom stereocenters. The van der Waals surface area contributed by atoms with Crippen LogP contribution in [-0.2, 0) is 0 Å². The minimum Gasteiger partial charge on any atom is -0.329 e. The van der Waals surface area contributed by atoms with Crippen LogP contribution in [0.1, 0.15) is 20.8 Å². The number of hydrogen-bond acceptors (Lipinski definition) is 4. The third-order valence-electron chi connectivity index (χ3n) is 3.62. The summed E-state index contributed by atoms with van der Waals surface area (Å²) in [7, 11) is 0. The molecule has 29 heavy (non-hydrogen) atoms. The molecule has 3 aromatic rings. The molecule has 148 valence electrons. The van der Waals surface area contributed by atoms with Crippen molar-refractivity contribution >= 4 is 63.9 Å². The number of carbonyl (C=O) groups is 2. The molecule has 2 aromatic heterocycles. The van der Waals surface area contributed by atoms with Gasteiger partial charge < -0.3 is 10.6 Å². The predicted molar refractivity (Wildman–Crippen MR) is 113 cm³/mol. The third kappa shape index (κ3) is 4.54. The Kier molecular flexibility index (Phi) is 6.44. The topological polar surface area (TPSA) is 88.9 Å². The molecule has 11 heteroatoms. The first-order valence-electron chi connectivity index (χ1n) is 7.90. The number of amides is 2. The average Bonchev–Trinajstić information content (AvgIpc) is 3.05. The van der Waals surface area contributed by atoms with Crippen LogP contribution < -0.4 is 10.6 Å². The van der Waals surface area contributed by atoms with Gasteiger partial charge in [0.25, 0.3) is 11.8 Å². The second-order valence-electron chi connectivity index (χ2n) is 5.51. The molecule has 0 saturated heterocycles. The second kappa shape index (κ2) is 8.84. The number of carbonyl (C=O) groups excluding carboxylic acids is 2. The van der Waals surface area contributed by atoms with Crippen molar-refractivity contribution in [3.05, 3.63) is 80.8 Å². The van der Waals surface area contributed by atoms with Crippen molar-refractivity contribution in [3.63, 3.8) is 0 Å². The lowest BCUT2D eigenvalue weighted by atomic mass is 10.1. The fourth-order valence-electron chi connectivity index (χ4n) is 2.44. The highest BCUT2D eigenvalue weighted by atomic mass is 35.5. The van der Waals surface area contributed by atoms with Crippen molar-refractivity contribution in [2.45, 2.75) is 0 Å². The Bertz CT molecular complexity index is 1130. The van der Waals surface area contributed by atoms with E-state index < -0.39 is 11.8 Å². The smallest absolute Gasteiger partial charge is 0.274 e. The molecular formula is C18H11Cl4N5O2. The van der Waals surface area contributed by atoms with E-state index in [1.54, 1.807) is 12.1 Å². The molecule has 7 nitrogen and oxygen atoms in total. The normalized spacial score (nSPS) is 10.5. The summed E-state index contributed by atoms with van der Waals surface area (Å²) >= 11 is 24.3. The zero-order valence-electron chi connectivity index (χ0n) is 14.4. The van der Waals surface area contributed by atoms with Gasteiger partial charge in [0.15, 0.2) is 11.0 Å². The summed E-state index contributed by atoms with van der Waals surface area (Å²) in [5, 5.41) is 9.64. The summed E-state index contributed by atoms with van der Waals surface area (Å²) in [4.78, 5) is 29.4. The van der Waals surface area contributed by atoms with Crippen LogP contribution in [0.3, 0.4) is 0 Å². The summed E-state index contributed by atoms with van der Waals surface area (Å²) in [6, 6.07) is 7.31. The number of nitrogens with one attached hydrogen (secondary N) is 2. The maximum absolute atomic E-state index is 13.0. The molecule has 0 fully saturated rings. The maximum atomic E-state index is 13.0. The first kappa shape index (κ1) is 21.1. The van der Waals surface area contributed by atoms with E-state index >= 15 is 0 Å². The van der Waals surface area contributed by atoms with Crippen LogP contribution >= 0.6 is 46.4 Å². The Hall–Kier alpha value is -2.58. The summed E-state index contributed by atoms with van der Waals surface area (Å²) in [6.45, 7) is 3.43. The van der Waals surface area contributed by atoms with Crippen LogP contribution in [0, 0.1) is 0 Å². The van der Waals surface area contributed by atoms with Crippen molar-refractivity contribution in [1.29, 1.82) is 0 Å². The van der Waals surface area contributed by atoms with Gasteiger partial charge in [-0.05, 0) is 30.5 Å². The molecule has 0 aliphatic rings. The molecule has 0 unspecified atom stereocenters. The van der Waals surface area contributed by atoms with E-state index in [-0.39, 0.29) is 43.0 Å². The Morgan fingerprint density at radius 1 is 1.07 bits per heavy atom. The number of anilines is 1. The number of pyridine rings is 1. The van der Waals surface area contributed by atoms with Gasteiger partial charge in [-0.3, -0.25) is 9.59 Å². The highest BCUT2D eigenvalue weighted by molar-refractivity contribution is 6.38. The first-order chi connectivity index (χ1) is 13.8. The van der Waals surface area contributed by atoms with Crippen molar-refractivity contribution in [3.8, 4) is 5.82 Å². The van der Waals surface area contributed by atoms with Gasteiger partial charge in [-0.25, -0.2) is 9.67 Å². The highest BCUT2D eigenvalue weighted by Crippen LogP contribution is 2.31. The standard InChI is InChI=1S/C18H11Cl4N5O2/c1-2-23-17(28)10-6-9(19)7-12(21)15(10)25-18(29)13-8-14(22)26-27(13)16-11(20)4-3-5-24-16/h2-8H,1H2,(H,23,28)(H,25,29). The van der Waals surface area contributed by atoms with E-state index in [0.29, 0.717) is 0 Å². The van der Waals surface area contributed by atoms with E-state index in [0.717, 1.165) is 0 Å². The number of aromatic nitrogens is 3. The number of nitrogens with zero attached hydrogens (tertiary/aromatic N) is 3. The molecule has 0 bridgehead atoms. The molecule has 0 radical (unpaired) electrons. The summed E-state index contributed by atoms with van der Waals surface area (Å²) in [5.74, 6) is -1.000. The molecule has 2 N–H and O–H groups in total. The summed E-state index contributed by atoms with van der Waals surface area (Å²) in [5.41, 5.74) is 0.122. The van der Waals surface area contributed by atoms with Crippen LogP contribution in [0.2, 0.25) is 20.2 Å². The molecule has 0 aliphatic carbocycles. The number of rotatable bonds is 5. The van der Waals surface area contributed by atoms with Crippen LogP contribution in [0.4, 0.5) is 5.69 Å². The molecule has 3 rings (SSSR count). The molecule has 0 aliphatic heterocycles.